The van der Waals surface area contributed by atoms with Gasteiger partial charge in [-0.15, -0.1) is 0 Å². The number of amides is 1. The third-order valence-electron chi connectivity index (χ3n) is 11.1. The van der Waals surface area contributed by atoms with Crippen LogP contribution in [0.1, 0.15) is 112 Å². The van der Waals surface area contributed by atoms with Crippen LogP contribution in [0.2, 0.25) is 0 Å². The Balaban J connectivity index is 1.46. The second-order valence-electron chi connectivity index (χ2n) is 13.3. The topological polar surface area (TPSA) is 46.2 Å². The van der Waals surface area contributed by atoms with E-state index in [1.165, 1.54) is 57.8 Å². The third-order valence-corrected chi connectivity index (χ3v) is 11.1. The maximum absolute atomic E-state index is 13.0. The Hall–Kier alpha value is -0.860. The van der Waals surface area contributed by atoms with Crippen molar-refractivity contribution in [1.82, 2.24) is 5.32 Å². The van der Waals surface area contributed by atoms with Crippen molar-refractivity contribution in [2.24, 2.45) is 52.3 Å². The largest absolute Gasteiger partial charge is 0.347 e. The van der Waals surface area contributed by atoms with Gasteiger partial charge in [-0.1, -0.05) is 53.9 Å². The number of nitrogens with one attached hydrogen (secondary N) is 1. The zero-order valence-corrected chi connectivity index (χ0v) is 21.7. The highest BCUT2D eigenvalue weighted by Gasteiger charge is 2.61. The molecule has 1 N–H and O–H groups in total. The van der Waals surface area contributed by atoms with Crippen molar-refractivity contribution in [1.29, 1.82) is 0 Å². The first-order valence-corrected chi connectivity index (χ1v) is 13.9. The number of fused-ring (bicyclic) bond motifs is 5. The molecule has 0 saturated heterocycles. The fraction of sp³-hybridized carbons (Fsp3) is 0.931. The average molecular weight is 444 g/mol. The van der Waals surface area contributed by atoms with Gasteiger partial charge in [0.15, 0.2) is 5.78 Å². The van der Waals surface area contributed by atoms with Gasteiger partial charge in [0, 0.05) is 13.3 Å². The predicted octanol–water partition coefficient (Wildman–Crippen LogP) is 6.79. The molecule has 182 valence electrons. The van der Waals surface area contributed by atoms with Crippen LogP contribution in [-0.2, 0) is 9.59 Å². The van der Waals surface area contributed by atoms with Crippen molar-refractivity contribution in [2.45, 2.75) is 118 Å². The summed E-state index contributed by atoms with van der Waals surface area (Å²) in [5.41, 5.74) is 0.663. The lowest BCUT2D eigenvalue weighted by Gasteiger charge is -2.61. The molecular formula is C29H49NO2. The van der Waals surface area contributed by atoms with E-state index >= 15 is 0 Å². The maximum Gasteiger partial charge on any atom is 0.217 e. The van der Waals surface area contributed by atoms with Crippen LogP contribution in [0.15, 0.2) is 0 Å². The number of hydrogen-bond donors (Lipinski definition) is 1. The number of Topliss-reactive ketones (excluding diaryl/α,β-unsaturated/α-hetero) is 1. The summed E-state index contributed by atoms with van der Waals surface area (Å²) in [6.45, 7) is 13.9. The molecule has 9 atom stereocenters. The Morgan fingerprint density at radius 1 is 1.00 bits per heavy atom. The highest BCUT2D eigenvalue weighted by Crippen LogP contribution is 2.68. The Bertz CT molecular complexity index is 716. The van der Waals surface area contributed by atoms with Gasteiger partial charge < -0.3 is 5.32 Å². The van der Waals surface area contributed by atoms with E-state index in [0.717, 1.165) is 36.0 Å². The molecule has 3 heteroatoms. The maximum atomic E-state index is 13.0. The number of carbonyl (C=O) groups excluding carboxylic acids is 2. The lowest BCUT2D eigenvalue weighted by atomic mass is 9.44. The van der Waals surface area contributed by atoms with Gasteiger partial charge in [-0.2, -0.15) is 0 Å². The summed E-state index contributed by atoms with van der Waals surface area (Å²) >= 11 is 0. The first-order valence-electron chi connectivity index (χ1n) is 13.9. The van der Waals surface area contributed by atoms with Gasteiger partial charge in [0.25, 0.3) is 0 Å². The van der Waals surface area contributed by atoms with Crippen LogP contribution in [0, 0.1) is 52.3 Å². The lowest BCUT2D eigenvalue weighted by molar-refractivity contribution is -0.147. The van der Waals surface area contributed by atoms with Crippen molar-refractivity contribution < 1.29 is 9.59 Å². The quantitative estimate of drug-likeness (QED) is 0.491. The number of hydrogen-bond acceptors (Lipinski definition) is 2. The molecule has 0 aromatic rings. The first kappa shape index (κ1) is 24.3. The van der Waals surface area contributed by atoms with Gasteiger partial charge >= 0.3 is 0 Å². The number of rotatable bonds is 6. The molecule has 1 amide bonds. The van der Waals surface area contributed by atoms with E-state index < -0.39 is 0 Å². The van der Waals surface area contributed by atoms with Gasteiger partial charge in [0.2, 0.25) is 5.91 Å². The zero-order valence-electron chi connectivity index (χ0n) is 21.7. The fourth-order valence-electron chi connectivity index (χ4n) is 9.52. The Labute approximate surface area is 197 Å². The van der Waals surface area contributed by atoms with E-state index in [4.69, 9.17) is 0 Å². The van der Waals surface area contributed by atoms with Gasteiger partial charge in [0.05, 0.1) is 6.04 Å². The summed E-state index contributed by atoms with van der Waals surface area (Å²) in [6.07, 6.45) is 13.8. The molecule has 3 nitrogen and oxygen atoms in total. The molecule has 0 aromatic heterocycles. The standard InChI is InChI=1S/C29H49NO2/c1-18(2)8-7-9-19(3)23-12-13-24-22-11-10-21-16-26(30-20(4)31)27(32)17-29(21,6)25(22)14-15-28(23,24)5/h18-19,21-26H,7-17H2,1-6H3,(H,30,31)/t19-,21+,22+,23-,24+,25+,26-,28-,29+/m1/s1. The van der Waals surface area contributed by atoms with Crippen LogP contribution in [0.5, 0.6) is 0 Å². The molecule has 0 bridgehead atoms. The SMILES string of the molecule is CC(=O)N[C@@H]1C[C@@H]2CC[C@@H]3[C@H](CC[C@]4(C)[C@@H]([C@H](C)CCCC(C)C)CC[C@@H]34)[C@@]2(C)CC1=O. The second kappa shape index (κ2) is 9.06. The first-order chi connectivity index (χ1) is 15.1. The van der Waals surface area contributed by atoms with Gasteiger partial charge in [-0.25, -0.2) is 0 Å². The Morgan fingerprint density at radius 3 is 2.41 bits per heavy atom. The minimum Gasteiger partial charge on any atom is -0.347 e. The fourth-order valence-corrected chi connectivity index (χ4v) is 9.52. The molecule has 4 saturated carbocycles. The summed E-state index contributed by atoms with van der Waals surface area (Å²) in [6, 6.07) is -0.237. The van der Waals surface area contributed by atoms with E-state index in [-0.39, 0.29) is 23.1 Å². The molecule has 0 aromatic carbocycles. The summed E-state index contributed by atoms with van der Waals surface area (Å²) in [4.78, 5) is 24.6. The van der Waals surface area contributed by atoms with Crippen molar-refractivity contribution in [3.05, 3.63) is 0 Å². The van der Waals surface area contributed by atoms with Gasteiger partial charge in [-0.3, -0.25) is 9.59 Å². The minimum atomic E-state index is -0.237. The van der Waals surface area contributed by atoms with Crippen molar-refractivity contribution >= 4 is 11.7 Å². The Morgan fingerprint density at radius 2 is 1.72 bits per heavy atom. The average Bonchev–Trinajstić information content (AvgIpc) is 3.05. The minimum absolute atomic E-state index is 0.0615. The highest BCUT2D eigenvalue weighted by atomic mass is 16.2. The number of carbonyl (C=O) groups is 2. The van der Waals surface area contributed by atoms with Crippen molar-refractivity contribution in [3.63, 3.8) is 0 Å². The molecular weight excluding hydrogens is 394 g/mol. The van der Waals surface area contributed by atoms with E-state index in [9.17, 15) is 9.59 Å². The Kier molecular flexibility index (Phi) is 6.87. The molecule has 4 aliphatic rings. The summed E-state index contributed by atoms with van der Waals surface area (Å²) in [5, 5.41) is 2.95. The van der Waals surface area contributed by atoms with Crippen LogP contribution in [0.4, 0.5) is 0 Å². The zero-order chi connectivity index (χ0) is 23.3. The van der Waals surface area contributed by atoms with Gasteiger partial charge in [-0.05, 0) is 97.2 Å². The third kappa shape index (κ3) is 4.20. The lowest BCUT2D eigenvalue weighted by Crippen LogP contribution is -2.58. The van der Waals surface area contributed by atoms with Crippen LogP contribution in [-0.4, -0.2) is 17.7 Å². The molecule has 4 fully saturated rings. The smallest absolute Gasteiger partial charge is 0.217 e. The molecule has 0 heterocycles. The van der Waals surface area contributed by atoms with E-state index in [1.54, 1.807) is 6.92 Å². The van der Waals surface area contributed by atoms with Crippen LogP contribution in [0.3, 0.4) is 0 Å². The molecule has 0 radical (unpaired) electrons. The second-order valence-corrected chi connectivity index (χ2v) is 13.3. The van der Waals surface area contributed by atoms with E-state index in [2.05, 4.69) is 39.9 Å². The monoisotopic (exact) mass is 443 g/mol. The summed E-state index contributed by atoms with van der Waals surface area (Å²) in [5.74, 6) is 5.76. The van der Waals surface area contributed by atoms with Gasteiger partial charge in [0.1, 0.15) is 0 Å². The molecule has 0 unspecified atom stereocenters. The van der Waals surface area contributed by atoms with Crippen LogP contribution in [0.25, 0.3) is 0 Å². The summed E-state index contributed by atoms with van der Waals surface area (Å²) < 4.78 is 0. The van der Waals surface area contributed by atoms with Crippen molar-refractivity contribution in [3.8, 4) is 0 Å². The van der Waals surface area contributed by atoms with Crippen molar-refractivity contribution in [2.75, 3.05) is 0 Å². The normalized spacial score (nSPS) is 44.5. The highest BCUT2D eigenvalue weighted by molar-refractivity contribution is 5.89. The van der Waals surface area contributed by atoms with Crippen LogP contribution < -0.4 is 5.32 Å². The predicted molar refractivity (Wildman–Crippen MR) is 131 cm³/mol. The molecule has 32 heavy (non-hydrogen) atoms. The molecule has 4 aliphatic carbocycles. The van der Waals surface area contributed by atoms with E-state index in [1.807, 2.05) is 0 Å². The number of ketones is 1. The van der Waals surface area contributed by atoms with E-state index in [0.29, 0.717) is 23.7 Å². The summed E-state index contributed by atoms with van der Waals surface area (Å²) in [7, 11) is 0. The molecule has 4 rings (SSSR count). The molecule has 0 aliphatic heterocycles. The molecule has 0 spiro atoms. The van der Waals surface area contributed by atoms with Crippen LogP contribution >= 0.6 is 0 Å².